The average molecular weight is 473 g/mol. The molecule has 2 N–H and O–H groups in total. The molecule has 1 unspecified atom stereocenters. The van der Waals surface area contributed by atoms with Gasteiger partial charge in [-0.15, -0.1) is 21.5 Å². The van der Waals surface area contributed by atoms with Crippen molar-refractivity contribution in [2.24, 2.45) is 5.92 Å². The fourth-order valence-corrected chi connectivity index (χ4v) is 4.58. The molecule has 0 saturated heterocycles. The zero-order chi connectivity index (χ0) is 23.3. The smallest absolute Gasteiger partial charge is 0.251 e. The van der Waals surface area contributed by atoms with Crippen LogP contribution in [0.1, 0.15) is 53.4 Å². The highest BCUT2D eigenvalue weighted by Gasteiger charge is 2.26. The highest BCUT2D eigenvalue weighted by molar-refractivity contribution is 7.99. The van der Waals surface area contributed by atoms with Crippen LogP contribution in [0.4, 0.5) is 5.13 Å². The van der Waals surface area contributed by atoms with E-state index in [0.717, 1.165) is 10.4 Å². The number of anilines is 1. The molecule has 32 heavy (non-hydrogen) atoms. The van der Waals surface area contributed by atoms with Crippen LogP contribution in [0.2, 0.25) is 0 Å². The second-order valence-electron chi connectivity index (χ2n) is 7.76. The quantitative estimate of drug-likeness (QED) is 0.452. The van der Waals surface area contributed by atoms with Crippen molar-refractivity contribution < 1.29 is 9.59 Å². The number of nitrogens with zero attached hydrogens (tertiary/aromatic N) is 4. The van der Waals surface area contributed by atoms with E-state index in [4.69, 9.17) is 0 Å². The highest BCUT2D eigenvalue weighted by atomic mass is 32.2. The average Bonchev–Trinajstić information content (AvgIpc) is 3.35. The Morgan fingerprint density at radius 1 is 1.16 bits per heavy atom. The summed E-state index contributed by atoms with van der Waals surface area (Å²) in [6, 6.07) is 7.16. The second-order valence-corrected chi connectivity index (χ2v) is 9.94. The van der Waals surface area contributed by atoms with Gasteiger partial charge in [-0.3, -0.25) is 9.59 Å². The fraction of sp³-hybridized carbons (Fsp3) is 0.409. The van der Waals surface area contributed by atoms with Crippen LogP contribution < -0.4 is 10.6 Å². The van der Waals surface area contributed by atoms with Gasteiger partial charge < -0.3 is 15.2 Å². The zero-order valence-corrected chi connectivity index (χ0v) is 20.5. The number of rotatable bonds is 9. The molecule has 0 spiro atoms. The van der Waals surface area contributed by atoms with Crippen LogP contribution >= 0.6 is 23.1 Å². The van der Waals surface area contributed by atoms with Crippen LogP contribution in [0.15, 0.2) is 35.6 Å². The first-order valence-electron chi connectivity index (χ1n) is 10.4. The molecule has 0 fully saturated rings. The number of thioether (sulfide) groups is 1. The molecular weight excluding hydrogens is 444 g/mol. The number of thiazole rings is 1. The van der Waals surface area contributed by atoms with Crippen molar-refractivity contribution in [1.29, 1.82) is 0 Å². The molecule has 8 nitrogen and oxygen atoms in total. The van der Waals surface area contributed by atoms with Gasteiger partial charge in [-0.1, -0.05) is 43.3 Å². The Hall–Kier alpha value is -2.72. The van der Waals surface area contributed by atoms with Gasteiger partial charge in [0.05, 0.1) is 11.8 Å². The fourth-order valence-electron chi connectivity index (χ4n) is 3.09. The number of hydrogen-bond acceptors (Lipinski definition) is 7. The standard InChI is InChI=1S/C22H28N6O2S2/c1-6-28-19(18(13(2)3)25-20(30)16-9-7-14(4)8-10-16)26-27-22(28)31-12-17(29)24-21-23-11-15(5)32-21/h7-11,13,18H,6,12H2,1-5H3,(H,25,30)(H,23,24,29). The predicted molar refractivity (Wildman–Crippen MR) is 128 cm³/mol. The van der Waals surface area contributed by atoms with Gasteiger partial charge in [0.2, 0.25) is 5.91 Å². The van der Waals surface area contributed by atoms with E-state index < -0.39 is 0 Å². The molecule has 10 heteroatoms. The largest absolute Gasteiger partial charge is 0.342 e. The number of amides is 2. The first-order chi connectivity index (χ1) is 15.3. The lowest BCUT2D eigenvalue weighted by Gasteiger charge is -2.22. The van der Waals surface area contributed by atoms with E-state index in [0.29, 0.717) is 28.2 Å². The van der Waals surface area contributed by atoms with Crippen molar-refractivity contribution in [1.82, 2.24) is 25.1 Å². The molecule has 0 aliphatic carbocycles. The lowest BCUT2D eigenvalue weighted by atomic mass is 10.0. The molecule has 0 saturated carbocycles. The van der Waals surface area contributed by atoms with Crippen LogP contribution in [0.5, 0.6) is 0 Å². The maximum atomic E-state index is 12.8. The van der Waals surface area contributed by atoms with Crippen LogP contribution in [-0.4, -0.2) is 37.3 Å². The molecule has 2 heterocycles. The molecule has 1 aromatic carbocycles. The lowest BCUT2D eigenvalue weighted by molar-refractivity contribution is -0.113. The summed E-state index contributed by atoms with van der Waals surface area (Å²) in [4.78, 5) is 30.3. The van der Waals surface area contributed by atoms with Crippen molar-refractivity contribution in [3.8, 4) is 0 Å². The lowest BCUT2D eigenvalue weighted by Crippen LogP contribution is -2.33. The first kappa shape index (κ1) is 23.9. The van der Waals surface area contributed by atoms with Gasteiger partial charge in [-0.2, -0.15) is 0 Å². The van der Waals surface area contributed by atoms with Crippen LogP contribution in [0, 0.1) is 19.8 Å². The molecule has 0 aliphatic heterocycles. The normalized spacial score (nSPS) is 12.1. The number of hydrogen-bond donors (Lipinski definition) is 2. The highest BCUT2D eigenvalue weighted by Crippen LogP contribution is 2.26. The summed E-state index contributed by atoms with van der Waals surface area (Å²) in [5.74, 6) is 0.680. The molecule has 0 bridgehead atoms. The molecule has 2 amide bonds. The first-order valence-corrected chi connectivity index (χ1v) is 12.2. The Kier molecular flexibility index (Phi) is 8.03. The third-order valence-electron chi connectivity index (χ3n) is 4.81. The monoisotopic (exact) mass is 472 g/mol. The zero-order valence-electron chi connectivity index (χ0n) is 18.9. The van der Waals surface area contributed by atoms with Gasteiger partial charge in [0.25, 0.3) is 5.91 Å². The molecule has 1 atom stereocenters. The summed E-state index contributed by atoms with van der Waals surface area (Å²) in [7, 11) is 0. The third kappa shape index (κ3) is 5.95. The predicted octanol–water partition coefficient (Wildman–Crippen LogP) is 4.23. The van der Waals surface area contributed by atoms with Crippen molar-refractivity contribution in [2.75, 3.05) is 11.1 Å². The van der Waals surface area contributed by atoms with E-state index in [1.807, 2.05) is 63.5 Å². The summed E-state index contributed by atoms with van der Waals surface area (Å²) in [5, 5.41) is 15.8. The van der Waals surface area contributed by atoms with Crippen LogP contribution in [0.25, 0.3) is 0 Å². The van der Waals surface area contributed by atoms with Crippen LogP contribution in [0.3, 0.4) is 0 Å². The van der Waals surface area contributed by atoms with E-state index in [1.165, 1.54) is 23.1 Å². The Bertz CT molecular complexity index is 1070. The number of carbonyl (C=O) groups excluding carboxylic acids is 2. The molecule has 3 aromatic rings. The van der Waals surface area contributed by atoms with E-state index in [2.05, 4.69) is 25.8 Å². The van der Waals surface area contributed by atoms with Gasteiger partial charge in [0.1, 0.15) is 0 Å². The molecular formula is C22H28N6O2S2. The number of carbonyl (C=O) groups is 2. The molecule has 170 valence electrons. The topological polar surface area (TPSA) is 102 Å². The van der Waals surface area contributed by atoms with Gasteiger partial charge in [-0.05, 0) is 38.8 Å². The van der Waals surface area contributed by atoms with Crippen molar-refractivity contribution in [3.05, 3.63) is 52.3 Å². The Balaban J connectivity index is 1.70. The SMILES string of the molecule is CCn1c(SCC(=O)Nc2ncc(C)s2)nnc1C(NC(=O)c1ccc(C)cc1)C(C)C. The summed E-state index contributed by atoms with van der Waals surface area (Å²) < 4.78 is 1.95. The molecule has 0 radical (unpaired) electrons. The van der Waals surface area contributed by atoms with E-state index >= 15 is 0 Å². The Morgan fingerprint density at radius 2 is 1.88 bits per heavy atom. The second kappa shape index (κ2) is 10.7. The molecule has 3 rings (SSSR count). The minimum atomic E-state index is -0.308. The molecule has 2 aromatic heterocycles. The maximum absolute atomic E-state index is 12.8. The minimum Gasteiger partial charge on any atom is -0.342 e. The van der Waals surface area contributed by atoms with Crippen LogP contribution in [-0.2, 0) is 11.3 Å². The van der Waals surface area contributed by atoms with E-state index in [-0.39, 0.29) is 29.5 Å². The van der Waals surface area contributed by atoms with Gasteiger partial charge >= 0.3 is 0 Å². The summed E-state index contributed by atoms with van der Waals surface area (Å²) in [6.07, 6.45) is 1.73. The van der Waals surface area contributed by atoms with Gasteiger partial charge in [0.15, 0.2) is 16.1 Å². The Morgan fingerprint density at radius 3 is 2.47 bits per heavy atom. The number of aryl methyl sites for hydroxylation is 2. The molecule has 0 aliphatic rings. The summed E-state index contributed by atoms with van der Waals surface area (Å²) in [6.45, 7) is 10.6. The maximum Gasteiger partial charge on any atom is 0.251 e. The number of nitrogens with one attached hydrogen (secondary N) is 2. The Labute approximate surface area is 196 Å². The van der Waals surface area contributed by atoms with Gasteiger partial charge in [0, 0.05) is 23.2 Å². The van der Waals surface area contributed by atoms with E-state index in [9.17, 15) is 9.59 Å². The van der Waals surface area contributed by atoms with Gasteiger partial charge in [-0.25, -0.2) is 4.98 Å². The third-order valence-corrected chi connectivity index (χ3v) is 6.60. The van der Waals surface area contributed by atoms with Crippen molar-refractivity contribution in [2.45, 2.75) is 52.4 Å². The van der Waals surface area contributed by atoms with Crippen molar-refractivity contribution >= 4 is 40.0 Å². The number of benzene rings is 1. The summed E-state index contributed by atoms with van der Waals surface area (Å²) >= 11 is 2.75. The minimum absolute atomic E-state index is 0.105. The summed E-state index contributed by atoms with van der Waals surface area (Å²) in [5.41, 5.74) is 1.70. The van der Waals surface area contributed by atoms with Crippen molar-refractivity contribution in [3.63, 3.8) is 0 Å². The number of aromatic nitrogens is 4. The van der Waals surface area contributed by atoms with E-state index in [1.54, 1.807) is 6.20 Å².